The summed E-state index contributed by atoms with van der Waals surface area (Å²) >= 11 is 0. The Morgan fingerprint density at radius 1 is 0.221 bits per heavy atom. The molecule has 16 heteroatoms. The molecule has 16 nitrogen and oxygen atoms in total. The lowest BCUT2D eigenvalue weighted by molar-refractivity contribution is 1.02. The summed E-state index contributed by atoms with van der Waals surface area (Å²) < 4.78 is 4.78. The molecule has 0 fully saturated rings. The fourth-order valence-electron chi connectivity index (χ4n) is 20.7. The summed E-state index contributed by atoms with van der Waals surface area (Å²) in [5.74, 6) is -0.724. The molecule has 1 aliphatic rings. The largest absolute Gasteiger partial charge is 0.370 e. The molecule has 25 aromatic rings. The number of hydrogen-bond acceptors (Lipinski definition) is 11. The van der Waals surface area contributed by atoms with E-state index in [4.69, 9.17) is 19.7 Å². The highest BCUT2D eigenvalue weighted by Gasteiger charge is 2.33. The Morgan fingerprint density at radius 2 is 0.517 bits per heavy atom. The molecule has 1 aliphatic carbocycles. The molecule has 149 heavy (non-hydrogen) atoms. The van der Waals surface area contributed by atoms with Crippen molar-refractivity contribution in [1.29, 1.82) is 15.8 Å². The van der Waals surface area contributed by atoms with Crippen LogP contribution in [0.2, 0.25) is 0 Å². The number of nitrogens with zero attached hydrogens (tertiary/aromatic N) is 16. The highest BCUT2D eigenvalue weighted by Crippen LogP contribution is 2.52. The van der Waals surface area contributed by atoms with Crippen LogP contribution in [-0.4, -0.2) is 39.0 Å². The van der Waals surface area contributed by atoms with Gasteiger partial charge in [0.1, 0.15) is 34.8 Å². The Labute approximate surface area is 858 Å². The maximum absolute atomic E-state index is 9.30. The quantitative estimate of drug-likeness (QED) is 0.0664. The molecule has 0 radical (unpaired) electrons. The molecular formula is C133H80N16. The Balaban J connectivity index is 0.000000128. The fraction of sp³-hybridized carbons (Fsp3) is 0.00752. The second kappa shape index (κ2) is 39.2. The summed E-state index contributed by atoms with van der Waals surface area (Å²) in [4.78, 5) is 39.1. The fourth-order valence-corrected chi connectivity index (χ4v) is 20.7. The molecule has 0 spiro atoms. The number of aromatic nitrogens is 8. The van der Waals surface area contributed by atoms with Crippen LogP contribution >= 0.6 is 0 Å². The van der Waals surface area contributed by atoms with Gasteiger partial charge in [-0.1, -0.05) is 359 Å². The van der Waals surface area contributed by atoms with Gasteiger partial charge in [0.25, 0.3) is 17.2 Å². The number of rotatable bonds is 16. The van der Waals surface area contributed by atoms with Crippen LogP contribution in [-0.2, 0) is 0 Å². The molecule has 1 unspecified atom stereocenters. The van der Waals surface area contributed by atoms with Crippen molar-refractivity contribution >= 4 is 128 Å². The average Bonchev–Trinajstić information content (AvgIpc) is 1.70. The van der Waals surface area contributed by atoms with Crippen molar-refractivity contribution in [2.24, 2.45) is 0 Å². The predicted octanol–water partition coefficient (Wildman–Crippen LogP) is 34.1. The number of nitriles is 3. The van der Waals surface area contributed by atoms with Crippen molar-refractivity contribution < 1.29 is 0 Å². The molecule has 5 heterocycles. The Morgan fingerprint density at radius 3 is 0.946 bits per heavy atom. The molecule has 20 aromatic carbocycles. The lowest BCUT2D eigenvalue weighted by atomic mass is 9.88. The van der Waals surface area contributed by atoms with E-state index in [2.05, 4.69) is 543 Å². The minimum absolute atomic E-state index is 0.000622. The van der Waals surface area contributed by atoms with Gasteiger partial charge in [-0.25, -0.2) is 15.0 Å². The van der Waals surface area contributed by atoms with Crippen molar-refractivity contribution in [3.63, 3.8) is 0 Å². The Bertz CT molecular complexity index is 9350. The Kier molecular flexibility index (Phi) is 23.7. The topological polar surface area (TPSA) is 178 Å². The van der Waals surface area contributed by atoms with Crippen molar-refractivity contribution in [2.45, 2.75) is 5.92 Å². The van der Waals surface area contributed by atoms with Gasteiger partial charge in [0.15, 0.2) is 17.1 Å². The molecule has 0 saturated carbocycles. The van der Waals surface area contributed by atoms with Crippen molar-refractivity contribution in [1.82, 2.24) is 39.0 Å². The number of fused-ring (bicyclic) bond motifs is 15. The van der Waals surface area contributed by atoms with Gasteiger partial charge in [-0.15, -0.1) is 15.0 Å². The molecule has 692 valence electrons. The van der Waals surface area contributed by atoms with E-state index >= 15 is 0 Å². The zero-order valence-corrected chi connectivity index (χ0v) is 79.8. The highest BCUT2D eigenvalue weighted by atomic mass is 15.2. The first-order chi connectivity index (χ1) is 73.6. The van der Waals surface area contributed by atoms with Gasteiger partial charge >= 0.3 is 5.82 Å². The summed E-state index contributed by atoms with van der Waals surface area (Å²) in [7, 11) is 0. The molecule has 5 aromatic heterocycles. The molecule has 0 bridgehead atoms. The number of anilines is 6. The van der Waals surface area contributed by atoms with E-state index in [1.54, 1.807) is 18.2 Å². The van der Waals surface area contributed by atoms with Gasteiger partial charge in [-0.05, 0) is 240 Å². The SMILES string of the molecule is [C-]#[N+]c1nc2c(nc1C#N)c1nc(C#N)c(C#N)nc1c1nc([N+]#[C-])c([N+]#[C-])nc21.c1ccc(-c2ccc(N(c3ccc(-c4ccccc4)cc3)c3ccc(-c4ccc(N(c5ccc(-c6ccccc6)cc5)c5ccc(-c6ccccc6)cc5-c5ccccc5)cc4)cc3)cc2)cc1.c1ccc(-n2c3ccccc3c3cc(-c4ccc5c(c4)-c4ccccc4C5c4ccc5c(c4)c4ccccc4n5-c4ccccc4)ccc32)cc1. The van der Waals surface area contributed by atoms with E-state index in [1.165, 1.54) is 138 Å². The first-order valence-electron chi connectivity index (χ1n) is 48.7. The number of para-hydroxylation sites is 4. The first kappa shape index (κ1) is 90.1. The highest BCUT2D eigenvalue weighted by molar-refractivity contribution is 6.19. The first-order valence-corrected chi connectivity index (χ1v) is 48.7. The van der Waals surface area contributed by atoms with Crippen LogP contribution < -0.4 is 9.80 Å². The van der Waals surface area contributed by atoms with Gasteiger partial charge in [0.2, 0.25) is 11.0 Å². The second-order valence-electron chi connectivity index (χ2n) is 36.1. The van der Waals surface area contributed by atoms with E-state index in [9.17, 15) is 15.8 Å². The van der Waals surface area contributed by atoms with Crippen LogP contribution in [0, 0.1) is 53.7 Å². The van der Waals surface area contributed by atoms with Gasteiger partial charge in [0, 0.05) is 72.8 Å². The van der Waals surface area contributed by atoms with Crippen molar-refractivity contribution in [3.8, 4) is 119 Å². The second-order valence-corrected chi connectivity index (χ2v) is 36.1. The molecule has 0 aliphatic heterocycles. The van der Waals surface area contributed by atoms with Crippen LogP contribution in [0.4, 0.5) is 51.6 Å². The molecule has 0 N–H and O–H groups in total. The van der Waals surface area contributed by atoms with E-state index < -0.39 is 0 Å². The van der Waals surface area contributed by atoms with Gasteiger partial charge in [0.05, 0.1) is 27.8 Å². The third kappa shape index (κ3) is 16.8. The minimum Gasteiger partial charge on any atom is -0.370 e. The lowest BCUT2D eigenvalue weighted by Crippen LogP contribution is -2.11. The molecule has 1 atom stereocenters. The average molecular weight is 1900 g/mol. The van der Waals surface area contributed by atoms with Crippen LogP contribution in [0.15, 0.2) is 479 Å². The van der Waals surface area contributed by atoms with Gasteiger partial charge < -0.3 is 33.5 Å². The molecule has 0 saturated heterocycles. The van der Waals surface area contributed by atoms with E-state index in [0.717, 1.165) is 56.4 Å². The van der Waals surface area contributed by atoms with Crippen LogP contribution in [0.3, 0.4) is 0 Å². The van der Waals surface area contributed by atoms with Crippen molar-refractivity contribution in [2.75, 3.05) is 9.80 Å². The summed E-state index contributed by atoms with van der Waals surface area (Å²) in [6, 6.07) is 179. The minimum atomic E-state index is -0.298. The van der Waals surface area contributed by atoms with Crippen LogP contribution in [0.5, 0.6) is 0 Å². The molecule has 26 rings (SSSR count). The Hall–Kier alpha value is -21.4. The maximum Gasteiger partial charge on any atom is 0.307 e. The summed E-state index contributed by atoms with van der Waals surface area (Å²) in [6.45, 7) is 21.7. The van der Waals surface area contributed by atoms with E-state index in [-0.39, 0.29) is 73.6 Å². The van der Waals surface area contributed by atoms with Gasteiger partial charge in [-0.3, -0.25) is 0 Å². The third-order valence-electron chi connectivity index (χ3n) is 27.6. The van der Waals surface area contributed by atoms with Crippen LogP contribution in [0.25, 0.3) is 192 Å². The standard InChI is InChI=1S/C66H48N2.C49H32N2.C18N12/c1-6-16-49(17-7-1)53-26-37-60(38-27-53)67(61-39-28-54(29-40-61)50-18-8-2-9-19-50)62-41-30-56(31-42-62)57-34-45-64(46-35-57)68(63-43-32-55(33-44-63)51-20-10-3-11-21-51)66-47-36-59(52-22-12-4-13-23-52)48-65(66)58-24-14-5-15-25-58;1-3-13-35(14-4-1)50-45-21-11-9-18-38(45)43-30-33(24-27-47(43)50)32-23-26-41-42(29-32)37-17-7-8-20-40(37)49(41)34-25-28-48-44(31-34)39-19-10-12-22-46(39)51(48)36-15-5-2-6-16-36;1-22-16-9(6-21)27-12-10-11(26-8(5-20)7(4-19)25-10)14-15(13(12)28-16)30-18(24-3)17(23-2)29-14/h1-48H;1-31,49H;. The maximum atomic E-state index is 9.30. The molecular weight excluding hydrogens is 1820 g/mol. The number of hydrogen-bond donors (Lipinski definition) is 0. The van der Waals surface area contributed by atoms with E-state index in [0.29, 0.717) is 0 Å². The lowest BCUT2D eigenvalue weighted by Gasteiger charge is -2.29. The van der Waals surface area contributed by atoms with Crippen molar-refractivity contribution in [3.05, 3.63) is 547 Å². The molecule has 0 amide bonds. The third-order valence-corrected chi connectivity index (χ3v) is 27.6. The summed E-state index contributed by atoms with van der Waals surface area (Å²) in [5, 5.41) is 33.0. The van der Waals surface area contributed by atoms with Crippen LogP contribution in [0.1, 0.15) is 39.7 Å². The number of benzene rings is 20. The zero-order chi connectivity index (χ0) is 100. The summed E-state index contributed by atoms with van der Waals surface area (Å²) in [6.07, 6.45) is 0. The smallest absolute Gasteiger partial charge is 0.307 e. The monoisotopic (exact) mass is 1900 g/mol. The van der Waals surface area contributed by atoms with Gasteiger partial charge in [-0.2, -0.15) is 15.8 Å². The summed E-state index contributed by atoms with van der Waals surface area (Å²) in [5.41, 5.74) is 36.3. The normalized spacial score (nSPS) is 11.7. The predicted molar refractivity (Wildman–Crippen MR) is 600 cm³/mol. The van der Waals surface area contributed by atoms with E-state index in [1.807, 2.05) is 0 Å². The zero-order valence-electron chi connectivity index (χ0n) is 79.8.